The fourth-order valence-corrected chi connectivity index (χ4v) is 10.0. The lowest BCUT2D eigenvalue weighted by atomic mass is 10.0. The summed E-state index contributed by atoms with van der Waals surface area (Å²) in [6.45, 7) is 4.92. The summed E-state index contributed by atoms with van der Waals surface area (Å²) >= 11 is 0. The number of carbonyl (C=O) groups excluding carboxylic acids is 2. The van der Waals surface area contributed by atoms with Crippen LogP contribution in [0.25, 0.3) is 0 Å². The normalized spacial score (nSPS) is 12.7. The molecule has 71 heavy (non-hydrogen) atoms. The van der Waals surface area contributed by atoms with Gasteiger partial charge >= 0.3 is 5.97 Å². The van der Waals surface area contributed by atoms with E-state index in [0.717, 1.165) is 38.5 Å². The summed E-state index contributed by atoms with van der Waals surface area (Å²) in [7, 11) is 0. The van der Waals surface area contributed by atoms with Crippen molar-refractivity contribution in [3.05, 3.63) is 24.3 Å². The summed E-state index contributed by atoms with van der Waals surface area (Å²) < 4.78 is 5.48. The average molecular weight is 1000 g/mol. The zero-order chi connectivity index (χ0) is 51.4. The molecule has 0 spiro atoms. The molecule has 0 aromatic heterocycles. The van der Waals surface area contributed by atoms with Gasteiger partial charge in [-0.2, -0.15) is 0 Å². The molecule has 0 fully saturated rings. The fourth-order valence-electron chi connectivity index (χ4n) is 10.0. The molecule has 0 saturated carbocycles. The van der Waals surface area contributed by atoms with Gasteiger partial charge in [0.15, 0.2) is 0 Å². The van der Waals surface area contributed by atoms with Crippen LogP contribution in [0.4, 0.5) is 0 Å². The molecule has 0 heterocycles. The van der Waals surface area contributed by atoms with E-state index in [0.29, 0.717) is 19.4 Å². The number of esters is 1. The second-order valence-corrected chi connectivity index (χ2v) is 22.1. The second kappa shape index (κ2) is 60.9. The van der Waals surface area contributed by atoms with E-state index < -0.39 is 12.1 Å². The Bertz CT molecular complexity index is 1110. The number of carbonyl (C=O) groups is 2. The van der Waals surface area contributed by atoms with E-state index in [9.17, 15) is 19.8 Å². The number of hydrogen-bond acceptors (Lipinski definition) is 5. The number of aliphatic hydroxyl groups excluding tert-OH is 2. The summed E-state index contributed by atoms with van der Waals surface area (Å²) in [6.07, 6.45) is 75.2. The number of rotatable bonds is 60. The lowest BCUT2D eigenvalue weighted by Gasteiger charge is -2.20. The van der Waals surface area contributed by atoms with Crippen molar-refractivity contribution in [3.8, 4) is 0 Å². The predicted octanol–water partition coefficient (Wildman–Crippen LogP) is 20.2. The molecule has 0 aliphatic rings. The highest BCUT2D eigenvalue weighted by Gasteiger charge is 2.18. The van der Waals surface area contributed by atoms with Crippen LogP contribution in [-0.2, 0) is 14.3 Å². The number of unbranched alkanes of at least 4 members (excludes halogenated alkanes) is 47. The molecule has 0 radical (unpaired) electrons. The first kappa shape index (κ1) is 69.3. The van der Waals surface area contributed by atoms with Crippen LogP contribution in [0.3, 0.4) is 0 Å². The van der Waals surface area contributed by atoms with Crippen molar-refractivity contribution in [2.45, 2.75) is 366 Å². The maximum atomic E-state index is 12.4. The molecule has 420 valence electrons. The molecule has 6 heteroatoms. The molecule has 6 nitrogen and oxygen atoms in total. The minimum Gasteiger partial charge on any atom is -0.466 e. The Balaban J connectivity index is 3.37. The second-order valence-electron chi connectivity index (χ2n) is 22.1. The summed E-state index contributed by atoms with van der Waals surface area (Å²) in [5, 5.41) is 23.1. The number of hydrogen-bond donors (Lipinski definition) is 3. The fraction of sp³-hybridized carbons (Fsp3) is 0.908. The molecule has 2 atom stereocenters. The Morgan fingerprint density at radius 1 is 0.380 bits per heavy atom. The first-order chi connectivity index (χ1) is 35.0. The van der Waals surface area contributed by atoms with E-state index >= 15 is 0 Å². The Hall–Kier alpha value is -1.66. The molecular formula is C65H125NO5. The van der Waals surface area contributed by atoms with Gasteiger partial charge in [0.25, 0.3) is 0 Å². The zero-order valence-electron chi connectivity index (χ0n) is 48.0. The van der Waals surface area contributed by atoms with Crippen LogP contribution >= 0.6 is 0 Å². The third-order valence-electron chi connectivity index (χ3n) is 15.0. The summed E-state index contributed by atoms with van der Waals surface area (Å²) in [5.74, 6) is -0.0490. The monoisotopic (exact) mass is 1000 g/mol. The lowest BCUT2D eigenvalue weighted by molar-refractivity contribution is -0.143. The van der Waals surface area contributed by atoms with E-state index in [1.54, 1.807) is 6.08 Å². The van der Waals surface area contributed by atoms with Crippen molar-refractivity contribution in [1.82, 2.24) is 5.32 Å². The summed E-state index contributed by atoms with van der Waals surface area (Å²) in [4.78, 5) is 24.5. The van der Waals surface area contributed by atoms with Crippen molar-refractivity contribution >= 4 is 11.9 Å². The van der Waals surface area contributed by atoms with Crippen molar-refractivity contribution in [1.29, 1.82) is 0 Å². The number of allylic oxidation sites excluding steroid dienone is 3. The molecule has 1 amide bonds. The molecule has 2 unspecified atom stereocenters. The van der Waals surface area contributed by atoms with Gasteiger partial charge in [-0.3, -0.25) is 9.59 Å². The van der Waals surface area contributed by atoms with Gasteiger partial charge < -0.3 is 20.3 Å². The Morgan fingerprint density at radius 3 is 1.00 bits per heavy atom. The smallest absolute Gasteiger partial charge is 0.305 e. The van der Waals surface area contributed by atoms with E-state index in [1.165, 1.54) is 289 Å². The molecule has 3 N–H and O–H groups in total. The van der Waals surface area contributed by atoms with E-state index in [1.807, 2.05) is 6.08 Å². The highest BCUT2D eigenvalue weighted by molar-refractivity contribution is 5.76. The summed E-state index contributed by atoms with van der Waals surface area (Å²) in [5.41, 5.74) is 0. The molecule has 0 aliphatic carbocycles. The number of ether oxygens (including phenoxy) is 1. The predicted molar refractivity (Wildman–Crippen MR) is 310 cm³/mol. The van der Waals surface area contributed by atoms with Gasteiger partial charge in [-0.15, -0.1) is 0 Å². The Labute approximate surface area is 443 Å². The molecule has 0 aromatic rings. The van der Waals surface area contributed by atoms with Gasteiger partial charge in [0.1, 0.15) is 0 Å². The molecular weight excluding hydrogens is 875 g/mol. The highest BCUT2D eigenvalue weighted by Crippen LogP contribution is 2.18. The topological polar surface area (TPSA) is 95.9 Å². The van der Waals surface area contributed by atoms with Crippen molar-refractivity contribution in [2.24, 2.45) is 0 Å². The molecule has 0 saturated heterocycles. The number of nitrogens with one attached hydrogen (secondary N) is 1. The Morgan fingerprint density at radius 2 is 0.662 bits per heavy atom. The highest BCUT2D eigenvalue weighted by atomic mass is 16.5. The van der Waals surface area contributed by atoms with E-state index in [-0.39, 0.29) is 18.5 Å². The van der Waals surface area contributed by atoms with Gasteiger partial charge in [-0.1, -0.05) is 308 Å². The van der Waals surface area contributed by atoms with Gasteiger partial charge in [0.2, 0.25) is 5.91 Å². The van der Waals surface area contributed by atoms with Crippen LogP contribution in [0.2, 0.25) is 0 Å². The minimum atomic E-state index is -0.842. The molecule has 0 aliphatic heterocycles. The third kappa shape index (κ3) is 57.5. The maximum Gasteiger partial charge on any atom is 0.305 e. The van der Waals surface area contributed by atoms with Gasteiger partial charge in [-0.25, -0.2) is 0 Å². The van der Waals surface area contributed by atoms with Crippen LogP contribution in [-0.4, -0.2) is 47.4 Å². The maximum absolute atomic E-state index is 12.4. The van der Waals surface area contributed by atoms with Crippen LogP contribution in [0, 0.1) is 0 Å². The standard InChI is InChI=1S/C65H125NO5/c1-3-5-7-9-11-13-15-34-37-41-45-49-53-57-63(68)62(61-67)66-64(69)58-54-50-46-42-38-35-32-30-28-26-24-22-20-18-17-19-21-23-25-27-29-31-33-36-40-44-48-52-56-60-71-65(70)59-55-51-47-43-39-16-14-12-10-8-6-4-2/h17,19,53,57,62-63,67-68H,3-16,18,20-52,54-56,58-61H2,1-2H3,(H,66,69)/b19-17-,57-53+. The average Bonchev–Trinajstić information content (AvgIpc) is 3.37. The van der Waals surface area contributed by atoms with Crippen molar-refractivity contribution in [2.75, 3.05) is 13.2 Å². The Kier molecular flexibility index (Phi) is 59.5. The first-order valence-corrected chi connectivity index (χ1v) is 32.1. The van der Waals surface area contributed by atoms with Gasteiger partial charge in [0, 0.05) is 12.8 Å². The van der Waals surface area contributed by atoms with Crippen LogP contribution in [0.5, 0.6) is 0 Å². The van der Waals surface area contributed by atoms with Crippen LogP contribution in [0.1, 0.15) is 354 Å². The van der Waals surface area contributed by atoms with E-state index in [2.05, 4.69) is 31.3 Å². The molecule has 0 aromatic carbocycles. The third-order valence-corrected chi connectivity index (χ3v) is 15.0. The van der Waals surface area contributed by atoms with Crippen molar-refractivity contribution in [3.63, 3.8) is 0 Å². The zero-order valence-corrected chi connectivity index (χ0v) is 48.0. The number of aliphatic hydroxyl groups is 2. The molecule has 0 bridgehead atoms. The summed E-state index contributed by atoms with van der Waals surface area (Å²) in [6, 6.07) is -0.626. The van der Waals surface area contributed by atoms with Crippen LogP contribution < -0.4 is 5.32 Å². The minimum absolute atomic E-state index is 0.0171. The first-order valence-electron chi connectivity index (χ1n) is 32.1. The quantitative estimate of drug-likeness (QED) is 0.0320. The SMILES string of the molecule is CCCCCCCCCCCCC/C=C/C(O)C(CO)NC(=O)CCCCCCCCCCCCCCC/C=C\CCCCCCCCCCCCCCOC(=O)CCCCCCCCCCCCCC. The van der Waals surface area contributed by atoms with Crippen molar-refractivity contribution < 1.29 is 24.5 Å². The van der Waals surface area contributed by atoms with Crippen LogP contribution in [0.15, 0.2) is 24.3 Å². The molecule has 0 rings (SSSR count). The van der Waals surface area contributed by atoms with Gasteiger partial charge in [-0.05, 0) is 57.8 Å². The lowest BCUT2D eigenvalue weighted by Crippen LogP contribution is -2.45. The largest absolute Gasteiger partial charge is 0.466 e. The number of amides is 1. The van der Waals surface area contributed by atoms with Gasteiger partial charge in [0.05, 0.1) is 25.4 Å². The van der Waals surface area contributed by atoms with E-state index in [4.69, 9.17) is 4.74 Å².